The normalized spacial score (nSPS) is 11.1. The van der Waals surface area contributed by atoms with Gasteiger partial charge in [-0.05, 0) is 42.8 Å². The summed E-state index contributed by atoms with van der Waals surface area (Å²) in [5, 5.41) is 2.91. The Labute approximate surface area is 144 Å². The number of hydrogen-bond acceptors (Lipinski definition) is 3. The quantitative estimate of drug-likeness (QED) is 0.820. The Bertz CT molecular complexity index is 856. The maximum absolute atomic E-state index is 13.4. The van der Waals surface area contributed by atoms with Crippen molar-refractivity contribution in [2.24, 2.45) is 0 Å². The third-order valence-electron chi connectivity index (χ3n) is 3.19. The van der Waals surface area contributed by atoms with Gasteiger partial charge >= 0.3 is 0 Å². The van der Waals surface area contributed by atoms with Crippen LogP contribution < -0.4 is 10.0 Å². The predicted octanol–water partition coefficient (Wildman–Crippen LogP) is 2.96. The van der Waals surface area contributed by atoms with Crippen molar-refractivity contribution in [2.75, 3.05) is 17.0 Å². The van der Waals surface area contributed by atoms with Crippen molar-refractivity contribution in [3.05, 3.63) is 64.4 Å². The van der Waals surface area contributed by atoms with Gasteiger partial charge in [-0.1, -0.05) is 23.7 Å². The van der Waals surface area contributed by atoms with E-state index in [2.05, 4.69) is 10.0 Å². The monoisotopic (exact) mass is 370 g/mol. The Balaban J connectivity index is 1.90. The van der Waals surface area contributed by atoms with Crippen LogP contribution in [0.25, 0.3) is 0 Å². The SMILES string of the molecule is Cc1ccc(NS(=O)(=O)CCNC(=O)c2cccc(Cl)c2)cc1F. The number of carbonyl (C=O) groups is 1. The van der Waals surface area contributed by atoms with E-state index in [1.165, 1.54) is 18.2 Å². The number of amides is 1. The van der Waals surface area contributed by atoms with Gasteiger partial charge in [-0.2, -0.15) is 0 Å². The predicted molar refractivity (Wildman–Crippen MR) is 92.3 cm³/mol. The van der Waals surface area contributed by atoms with E-state index in [-0.39, 0.29) is 18.0 Å². The van der Waals surface area contributed by atoms with Gasteiger partial charge in [0.05, 0.1) is 11.4 Å². The second-order valence-electron chi connectivity index (χ2n) is 5.15. The molecule has 0 atom stereocenters. The van der Waals surface area contributed by atoms with Crippen molar-refractivity contribution >= 4 is 33.2 Å². The Morgan fingerprint density at radius 3 is 2.62 bits per heavy atom. The average molecular weight is 371 g/mol. The van der Waals surface area contributed by atoms with Gasteiger partial charge in [-0.25, -0.2) is 12.8 Å². The number of hydrogen-bond donors (Lipinski definition) is 2. The molecule has 0 aliphatic heterocycles. The van der Waals surface area contributed by atoms with Crippen LogP contribution in [0.2, 0.25) is 5.02 Å². The summed E-state index contributed by atoms with van der Waals surface area (Å²) in [6.45, 7) is 1.49. The minimum atomic E-state index is -3.71. The van der Waals surface area contributed by atoms with Crippen molar-refractivity contribution in [1.29, 1.82) is 0 Å². The summed E-state index contributed by atoms with van der Waals surface area (Å²) in [7, 11) is -3.71. The molecular formula is C16H16ClFN2O3S. The third kappa shape index (κ3) is 5.21. The highest BCUT2D eigenvalue weighted by Gasteiger charge is 2.13. The molecule has 8 heteroatoms. The minimum absolute atomic E-state index is 0.0883. The summed E-state index contributed by atoms with van der Waals surface area (Å²) in [5.74, 6) is -1.26. The van der Waals surface area contributed by atoms with Crippen molar-refractivity contribution in [3.63, 3.8) is 0 Å². The lowest BCUT2D eigenvalue weighted by Crippen LogP contribution is -2.31. The first-order valence-electron chi connectivity index (χ1n) is 7.07. The van der Waals surface area contributed by atoms with E-state index in [4.69, 9.17) is 11.6 Å². The van der Waals surface area contributed by atoms with Gasteiger partial charge in [0.2, 0.25) is 10.0 Å². The molecule has 2 aromatic carbocycles. The molecule has 2 N–H and O–H groups in total. The van der Waals surface area contributed by atoms with E-state index >= 15 is 0 Å². The number of sulfonamides is 1. The zero-order chi connectivity index (χ0) is 17.7. The summed E-state index contributed by atoms with van der Waals surface area (Å²) in [5.41, 5.74) is 0.902. The fourth-order valence-electron chi connectivity index (χ4n) is 1.92. The second kappa shape index (κ2) is 7.63. The molecule has 1 amide bonds. The lowest BCUT2D eigenvalue weighted by Gasteiger charge is -2.10. The third-order valence-corrected chi connectivity index (χ3v) is 4.71. The van der Waals surface area contributed by atoms with E-state index in [9.17, 15) is 17.6 Å². The van der Waals surface area contributed by atoms with Crippen molar-refractivity contribution in [3.8, 4) is 0 Å². The molecule has 0 fully saturated rings. The fourth-order valence-corrected chi connectivity index (χ4v) is 3.07. The highest BCUT2D eigenvalue weighted by molar-refractivity contribution is 7.92. The highest BCUT2D eigenvalue weighted by Crippen LogP contribution is 2.15. The highest BCUT2D eigenvalue weighted by atomic mass is 35.5. The number of benzene rings is 2. The van der Waals surface area contributed by atoms with Gasteiger partial charge in [0, 0.05) is 17.1 Å². The first-order valence-corrected chi connectivity index (χ1v) is 9.10. The minimum Gasteiger partial charge on any atom is -0.351 e. The molecule has 0 aromatic heterocycles. The number of anilines is 1. The molecule has 2 rings (SSSR count). The van der Waals surface area contributed by atoms with Gasteiger partial charge in [0.25, 0.3) is 5.91 Å². The molecule has 0 saturated heterocycles. The van der Waals surface area contributed by atoms with Crippen LogP contribution >= 0.6 is 11.6 Å². The van der Waals surface area contributed by atoms with Crippen LogP contribution in [0.5, 0.6) is 0 Å². The van der Waals surface area contributed by atoms with Crippen LogP contribution in [0.4, 0.5) is 10.1 Å². The first kappa shape index (κ1) is 18.2. The van der Waals surface area contributed by atoms with Crippen LogP contribution in [0.1, 0.15) is 15.9 Å². The summed E-state index contributed by atoms with van der Waals surface area (Å²) in [6, 6.07) is 10.4. The van der Waals surface area contributed by atoms with Gasteiger partial charge in [0.1, 0.15) is 5.82 Å². The smallest absolute Gasteiger partial charge is 0.251 e. The van der Waals surface area contributed by atoms with E-state index in [1.807, 2.05) is 0 Å². The summed E-state index contributed by atoms with van der Waals surface area (Å²) in [6.07, 6.45) is 0. The number of carbonyl (C=O) groups excluding carboxylic acids is 1. The average Bonchev–Trinajstić information content (AvgIpc) is 2.50. The molecule has 5 nitrogen and oxygen atoms in total. The topological polar surface area (TPSA) is 75.3 Å². The van der Waals surface area contributed by atoms with Crippen LogP contribution in [0.3, 0.4) is 0 Å². The Morgan fingerprint density at radius 1 is 1.21 bits per heavy atom. The van der Waals surface area contributed by atoms with Crippen LogP contribution in [0.15, 0.2) is 42.5 Å². The summed E-state index contributed by atoms with van der Waals surface area (Å²) < 4.78 is 39.6. The molecule has 0 saturated carbocycles. The molecule has 0 heterocycles. The summed E-state index contributed by atoms with van der Waals surface area (Å²) >= 11 is 5.79. The number of rotatable bonds is 6. The number of aryl methyl sites for hydroxylation is 1. The lowest BCUT2D eigenvalue weighted by atomic mass is 10.2. The molecule has 0 aliphatic rings. The van der Waals surface area contributed by atoms with E-state index in [0.29, 0.717) is 16.1 Å². The number of nitrogens with one attached hydrogen (secondary N) is 2. The zero-order valence-corrected chi connectivity index (χ0v) is 14.4. The van der Waals surface area contributed by atoms with Crippen LogP contribution in [-0.2, 0) is 10.0 Å². The molecule has 2 aromatic rings. The van der Waals surface area contributed by atoms with E-state index < -0.39 is 21.7 Å². The van der Waals surface area contributed by atoms with Crippen LogP contribution in [0, 0.1) is 12.7 Å². The lowest BCUT2D eigenvalue weighted by molar-refractivity contribution is 0.0956. The largest absolute Gasteiger partial charge is 0.351 e. The Kier molecular flexibility index (Phi) is 5.80. The van der Waals surface area contributed by atoms with Crippen LogP contribution in [-0.4, -0.2) is 26.6 Å². The standard InChI is InChI=1S/C16H16ClFN2O3S/c1-11-5-6-14(10-15(11)18)20-24(22,23)8-7-19-16(21)12-3-2-4-13(17)9-12/h2-6,9-10,20H,7-8H2,1H3,(H,19,21). The van der Waals surface area contributed by atoms with E-state index in [1.54, 1.807) is 25.1 Å². The number of halogens is 2. The fraction of sp³-hybridized carbons (Fsp3) is 0.188. The molecule has 0 aliphatic carbocycles. The molecule has 24 heavy (non-hydrogen) atoms. The zero-order valence-electron chi connectivity index (χ0n) is 12.8. The molecule has 0 spiro atoms. The van der Waals surface area contributed by atoms with Gasteiger partial charge in [0.15, 0.2) is 0 Å². The van der Waals surface area contributed by atoms with Crippen molar-refractivity contribution in [1.82, 2.24) is 5.32 Å². The Morgan fingerprint density at radius 2 is 1.96 bits per heavy atom. The van der Waals surface area contributed by atoms with Gasteiger partial charge < -0.3 is 5.32 Å². The molecule has 0 unspecified atom stereocenters. The Hall–Kier alpha value is -2.12. The molecule has 0 bridgehead atoms. The van der Waals surface area contributed by atoms with Gasteiger partial charge in [-0.15, -0.1) is 0 Å². The van der Waals surface area contributed by atoms with E-state index in [0.717, 1.165) is 6.07 Å². The first-order chi connectivity index (χ1) is 11.3. The summed E-state index contributed by atoms with van der Waals surface area (Å²) in [4.78, 5) is 11.9. The maximum Gasteiger partial charge on any atom is 0.251 e. The van der Waals surface area contributed by atoms with Crippen molar-refractivity contribution in [2.45, 2.75) is 6.92 Å². The maximum atomic E-state index is 13.4. The molecule has 128 valence electrons. The van der Waals surface area contributed by atoms with Crippen molar-refractivity contribution < 1.29 is 17.6 Å². The second-order valence-corrected chi connectivity index (χ2v) is 7.43. The molecular weight excluding hydrogens is 355 g/mol. The van der Waals surface area contributed by atoms with Gasteiger partial charge in [-0.3, -0.25) is 9.52 Å². The molecule has 0 radical (unpaired) electrons.